The van der Waals surface area contributed by atoms with Crippen molar-refractivity contribution in [3.05, 3.63) is 22.2 Å². The van der Waals surface area contributed by atoms with E-state index < -0.39 is 9.84 Å². The molecule has 1 atom stereocenters. The highest BCUT2D eigenvalue weighted by Gasteiger charge is 2.18. The standard InChI is InChI=1S/C15H22BrN3O4S/c1-10(4-5-24(3,20)21)19-15(17-2)18-8-11-6-12(16)14-13(7-11)22-9-23-14/h6-7,10H,4-5,8-9H2,1-3H3,(H2,17,18,19). The average molecular weight is 420 g/mol. The molecule has 0 aliphatic carbocycles. The lowest BCUT2D eigenvalue weighted by molar-refractivity contribution is 0.173. The summed E-state index contributed by atoms with van der Waals surface area (Å²) in [6.45, 7) is 2.70. The van der Waals surface area contributed by atoms with E-state index in [4.69, 9.17) is 9.47 Å². The summed E-state index contributed by atoms with van der Waals surface area (Å²) in [5.41, 5.74) is 1.01. The Balaban J connectivity index is 1.89. The first-order valence-electron chi connectivity index (χ1n) is 7.51. The quantitative estimate of drug-likeness (QED) is 0.538. The molecule has 1 aromatic rings. The van der Waals surface area contributed by atoms with E-state index >= 15 is 0 Å². The monoisotopic (exact) mass is 419 g/mol. The molecule has 1 aliphatic rings. The van der Waals surface area contributed by atoms with Crippen LogP contribution < -0.4 is 20.1 Å². The molecule has 9 heteroatoms. The second-order valence-electron chi connectivity index (χ2n) is 5.70. The van der Waals surface area contributed by atoms with Crippen molar-refractivity contribution in [1.82, 2.24) is 10.6 Å². The van der Waals surface area contributed by atoms with Gasteiger partial charge in [-0.3, -0.25) is 4.99 Å². The molecule has 0 amide bonds. The highest BCUT2D eigenvalue weighted by atomic mass is 79.9. The summed E-state index contributed by atoms with van der Waals surface area (Å²) in [5, 5.41) is 6.39. The van der Waals surface area contributed by atoms with Crippen molar-refractivity contribution in [1.29, 1.82) is 0 Å². The lowest BCUT2D eigenvalue weighted by Crippen LogP contribution is -2.42. The third-order valence-electron chi connectivity index (χ3n) is 3.48. The van der Waals surface area contributed by atoms with Crippen LogP contribution >= 0.6 is 15.9 Å². The highest BCUT2D eigenvalue weighted by Crippen LogP contribution is 2.39. The average Bonchev–Trinajstić information content (AvgIpc) is 2.97. The minimum Gasteiger partial charge on any atom is -0.454 e. The maximum Gasteiger partial charge on any atom is 0.231 e. The molecule has 134 valence electrons. The Labute approximate surface area is 150 Å². The van der Waals surface area contributed by atoms with Gasteiger partial charge in [-0.2, -0.15) is 0 Å². The van der Waals surface area contributed by atoms with Crippen LogP contribution in [0.3, 0.4) is 0 Å². The summed E-state index contributed by atoms with van der Waals surface area (Å²) in [6.07, 6.45) is 1.76. The molecule has 0 saturated heterocycles. The second-order valence-corrected chi connectivity index (χ2v) is 8.82. The van der Waals surface area contributed by atoms with Crippen molar-refractivity contribution in [2.24, 2.45) is 4.99 Å². The van der Waals surface area contributed by atoms with Crippen LogP contribution in [0.2, 0.25) is 0 Å². The largest absolute Gasteiger partial charge is 0.454 e. The summed E-state index contributed by atoms with van der Waals surface area (Å²) in [6, 6.07) is 3.87. The molecule has 1 aliphatic heterocycles. The van der Waals surface area contributed by atoms with Crippen LogP contribution in [0.5, 0.6) is 11.5 Å². The number of halogens is 1. The Morgan fingerprint density at radius 1 is 1.42 bits per heavy atom. The maximum absolute atomic E-state index is 11.2. The molecule has 0 radical (unpaired) electrons. The van der Waals surface area contributed by atoms with Crippen LogP contribution in [-0.4, -0.2) is 46.3 Å². The van der Waals surface area contributed by atoms with Gasteiger partial charge in [0.2, 0.25) is 6.79 Å². The first-order chi connectivity index (χ1) is 11.3. The normalized spacial score (nSPS) is 15.2. The van der Waals surface area contributed by atoms with E-state index in [1.165, 1.54) is 6.26 Å². The van der Waals surface area contributed by atoms with Gasteiger partial charge in [0.25, 0.3) is 0 Å². The molecule has 2 rings (SSSR count). The van der Waals surface area contributed by atoms with Gasteiger partial charge in [-0.1, -0.05) is 0 Å². The zero-order valence-electron chi connectivity index (χ0n) is 13.9. The number of rotatable bonds is 6. The number of sulfone groups is 1. The first-order valence-corrected chi connectivity index (χ1v) is 10.4. The number of benzene rings is 1. The zero-order chi connectivity index (χ0) is 17.7. The summed E-state index contributed by atoms with van der Waals surface area (Å²) in [4.78, 5) is 4.16. The Morgan fingerprint density at radius 2 is 2.17 bits per heavy atom. The van der Waals surface area contributed by atoms with Gasteiger partial charge < -0.3 is 20.1 Å². The lowest BCUT2D eigenvalue weighted by Gasteiger charge is -2.18. The van der Waals surface area contributed by atoms with Gasteiger partial charge in [0.05, 0.1) is 10.2 Å². The summed E-state index contributed by atoms with van der Waals surface area (Å²) in [5.74, 6) is 2.19. The topological polar surface area (TPSA) is 89.0 Å². The Bertz CT molecular complexity index is 722. The maximum atomic E-state index is 11.2. The number of hydrogen-bond donors (Lipinski definition) is 2. The van der Waals surface area contributed by atoms with E-state index in [2.05, 4.69) is 31.6 Å². The highest BCUT2D eigenvalue weighted by molar-refractivity contribution is 9.10. The van der Waals surface area contributed by atoms with Crippen LogP contribution in [0.25, 0.3) is 0 Å². The van der Waals surface area contributed by atoms with Gasteiger partial charge in [0.1, 0.15) is 9.84 Å². The van der Waals surface area contributed by atoms with Crippen molar-refractivity contribution >= 4 is 31.7 Å². The van der Waals surface area contributed by atoms with E-state index in [1.807, 2.05) is 19.1 Å². The minimum atomic E-state index is -2.96. The van der Waals surface area contributed by atoms with Crippen LogP contribution in [0.15, 0.2) is 21.6 Å². The van der Waals surface area contributed by atoms with Crippen molar-refractivity contribution in [3.63, 3.8) is 0 Å². The van der Waals surface area contributed by atoms with Crippen molar-refractivity contribution < 1.29 is 17.9 Å². The van der Waals surface area contributed by atoms with Gasteiger partial charge in [-0.25, -0.2) is 8.42 Å². The Hall–Kier alpha value is -1.48. The predicted molar refractivity (Wildman–Crippen MR) is 97.4 cm³/mol. The smallest absolute Gasteiger partial charge is 0.231 e. The molecule has 1 heterocycles. The van der Waals surface area contributed by atoms with Crippen molar-refractivity contribution in [2.45, 2.75) is 25.9 Å². The van der Waals surface area contributed by atoms with Gasteiger partial charge in [-0.15, -0.1) is 0 Å². The fourth-order valence-electron chi connectivity index (χ4n) is 2.20. The molecule has 1 aromatic carbocycles. The minimum absolute atomic E-state index is 0.00517. The van der Waals surface area contributed by atoms with E-state index in [0.29, 0.717) is 24.7 Å². The van der Waals surface area contributed by atoms with Crippen LogP contribution in [0, 0.1) is 0 Å². The molecule has 0 bridgehead atoms. The van der Waals surface area contributed by atoms with Gasteiger partial charge in [0, 0.05) is 25.9 Å². The number of guanidine groups is 1. The molecular weight excluding hydrogens is 398 g/mol. The third kappa shape index (κ3) is 5.55. The predicted octanol–water partition coefficient (Wildman–Crippen LogP) is 1.67. The van der Waals surface area contributed by atoms with Gasteiger partial charge in [-0.05, 0) is 47.0 Å². The van der Waals surface area contributed by atoms with E-state index in [9.17, 15) is 8.42 Å². The number of hydrogen-bond acceptors (Lipinski definition) is 5. The van der Waals surface area contributed by atoms with Gasteiger partial charge in [0.15, 0.2) is 17.5 Å². The van der Waals surface area contributed by atoms with E-state index in [0.717, 1.165) is 15.8 Å². The molecule has 0 aromatic heterocycles. The fourth-order valence-corrected chi connectivity index (χ4v) is 3.59. The molecule has 0 spiro atoms. The fraction of sp³-hybridized carbons (Fsp3) is 0.533. The Kier molecular flexibility index (Phi) is 6.34. The van der Waals surface area contributed by atoms with Crippen molar-refractivity contribution in [3.8, 4) is 11.5 Å². The first kappa shape index (κ1) is 18.9. The lowest BCUT2D eigenvalue weighted by atomic mass is 10.2. The van der Waals surface area contributed by atoms with E-state index in [-0.39, 0.29) is 18.6 Å². The summed E-state index contributed by atoms with van der Waals surface area (Å²) < 4.78 is 34.1. The SMILES string of the molecule is CN=C(NCc1cc(Br)c2c(c1)OCO2)NC(C)CCS(C)(=O)=O. The summed E-state index contributed by atoms with van der Waals surface area (Å²) >= 11 is 3.47. The van der Waals surface area contributed by atoms with E-state index in [1.54, 1.807) is 7.05 Å². The molecule has 0 saturated carbocycles. The summed E-state index contributed by atoms with van der Waals surface area (Å²) in [7, 11) is -1.28. The molecule has 2 N–H and O–H groups in total. The number of nitrogens with zero attached hydrogens (tertiary/aromatic N) is 1. The third-order valence-corrected chi connectivity index (χ3v) is 5.04. The molecule has 0 fully saturated rings. The van der Waals surface area contributed by atoms with Crippen LogP contribution in [0.4, 0.5) is 0 Å². The van der Waals surface area contributed by atoms with Gasteiger partial charge >= 0.3 is 0 Å². The molecule has 7 nitrogen and oxygen atoms in total. The number of aliphatic imine (C=N–C) groups is 1. The molecular formula is C15H22BrN3O4S. The zero-order valence-corrected chi connectivity index (χ0v) is 16.3. The van der Waals surface area contributed by atoms with Crippen LogP contribution in [-0.2, 0) is 16.4 Å². The molecule has 1 unspecified atom stereocenters. The number of ether oxygens (including phenoxy) is 2. The number of nitrogens with one attached hydrogen (secondary N) is 2. The molecule has 24 heavy (non-hydrogen) atoms. The van der Waals surface area contributed by atoms with Crippen LogP contribution in [0.1, 0.15) is 18.9 Å². The Morgan fingerprint density at radius 3 is 2.83 bits per heavy atom. The second kappa shape index (κ2) is 8.06. The van der Waals surface area contributed by atoms with Crippen molar-refractivity contribution in [2.75, 3.05) is 25.8 Å². The number of fused-ring (bicyclic) bond motifs is 1.